The zero-order valence-corrected chi connectivity index (χ0v) is 8.55. The summed E-state index contributed by atoms with van der Waals surface area (Å²) in [5.74, 6) is 1.18. The lowest BCUT2D eigenvalue weighted by Gasteiger charge is -2.31. The van der Waals surface area contributed by atoms with E-state index in [4.69, 9.17) is 5.11 Å². The van der Waals surface area contributed by atoms with Crippen molar-refractivity contribution in [3.8, 4) is 0 Å². The van der Waals surface area contributed by atoms with Crippen molar-refractivity contribution in [1.29, 1.82) is 0 Å². The summed E-state index contributed by atoms with van der Waals surface area (Å²) >= 11 is 0. The van der Waals surface area contributed by atoms with Gasteiger partial charge in [0.1, 0.15) is 0 Å². The van der Waals surface area contributed by atoms with Crippen molar-refractivity contribution in [2.24, 2.45) is 11.8 Å². The summed E-state index contributed by atoms with van der Waals surface area (Å²) < 4.78 is 0. The second-order valence-electron chi connectivity index (χ2n) is 4.19. The number of hydrogen-bond acceptors (Lipinski definition) is 1. The van der Waals surface area contributed by atoms with Crippen LogP contribution in [-0.4, -0.2) is 11.7 Å². The quantitative estimate of drug-likeness (QED) is 0.662. The van der Waals surface area contributed by atoms with E-state index in [-0.39, 0.29) is 6.61 Å². The van der Waals surface area contributed by atoms with Gasteiger partial charge in [-0.1, -0.05) is 24.3 Å². The maximum atomic E-state index is 8.90. The van der Waals surface area contributed by atoms with Gasteiger partial charge in [-0.2, -0.15) is 0 Å². The van der Waals surface area contributed by atoms with Crippen LogP contribution in [-0.2, 0) is 0 Å². The van der Waals surface area contributed by atoms with E-state index in [2.05, 4.69) is 20.1 Å². The van der Waals surface area contributed by atoms with Gasteiger partial charge in [-0.15, -0.1) is 0 Å². The van der Waals surface area contributed by atoms with Crippen molar-refractivity contribution in [3.63, 3.8) is 0 Å². The van der Waals surface area contributed by atoms with E-state index in [9.17, 15) is 0 Å². The van der Waals surface area contributed by atoms with E-state index < -0.39 is 0 Å². The molecule has 1 saturated carbocycles. The van der Waals surface area contributed by atoms with Crippen molar-refractivity contribution in [3.05, 3.63) is 24.3 Å². The van der Waals surface area contributed by atoms with E-state index in [0.717, 1.165) is 19.3 Å². The molecule has 0 aromatic carbocycles. The van der Waals surface area contributed by atoms with E-state index in [0.29, 0.717) is 11.8 Å². The van der Waals surface area contributed by atoms with Crippen LogP contribution in [0.2, 0.25) is 0 Å². The van der Waals surface area contributed by atoms with Crippen molar-refractivity contribution < 1.29 is 5.11 Å². The minimum Gasteiger partial charge on any atom is -0.396 e. The minimum atomic E-state index is 0.284. The Bertz CT molecular complexity index is 205. The maximum Gasteiger partial charge on any atom is 0.0436 e. The van der Waals surface area contributed by atoms with Crippen LogP contribution in [0.4, 0.5) is 0 Å². The average Bonchev–Trinajstić information content (AvgIpc) is 2.08. The van der Waals surface area contributed by atoms with Gasteiger partial charge in [0.2, 0.25) is 0 Å². The Labute approximate surface area is 81.2 Å². The summed E-state index contributed by atoms with van der Waals surface area (Å²) in [7, 11) is 0. The van der Waals surface area contributed by atoms with E-state index >= 15 is 0 Å². The third-order valence-electron chi connectivity index (χ3n) is 3.13. The maximum absolute atomic E-state index is 8.90. The second-order valence-corrected chi connectivity index (χ2v) is 4.19. The molecule has 1 aliphatic carbocycles. The minimum absolute atomic E-state index is 0.284. The highest BCUT2D eigenvalue weighted by Gasteiger charge is 2.24. The number of rotatable bonds is 3. The molecule has 1 aliphatic rings. The first-order chi connectivity index (χ1) is 6.15. The Kier molecular flexibility index (Phi) is 3.73. The zero-order chi connectivity index (χ0) is 9.84. The largest absolute Gasteiger partial charge is 0.396 e. The third-order valence-corrected chi connectivity index (χ3v) is 3.13. The first-order valence-electron chi connectivity index (χ1n) is 5.09. The molecule has 1 heteroatoms. The highest BCUT2D eigenvalue weighted by atomic mass is 16.3. The Hall–Kier alpha value is -0.560. The van der Waals surface area contributed by atoms with Gasteiger partial charge in [0.15, 0.2) is 0 Å². The van der Waals surface area contributed by atoms with Crippen LogP contribution < -0.4 is 0 Å². The predicted molar refractivity (Wildman–Crippen MR) is 56.5 cm³/mol. The molecule has 0 bridgehead atoms. The first kappa shape index (κ1) is 10.5. The van der Waals surface area contributed by atoms with Gasteiger partial charge in [-0.25, -0.2) is 0 Å². The van der Waals surface area contributed by atoms with Crippen LogP contribution in [0.5, 0.6) is 0 Å². The van der Waals surface area contributed by atoms with E-state index in [1.54, 1.807) is 0 Å². The van der Waals surface area contributed by atoms with Gasteiger partial charge in [0.25, 0.3) is 0 Å². The topological polar surface area (TPSA) is 20.2 Å². The van der Waals surface area contributed by atoms with Crippen molar-refractivity contribution >= 4 is 0 Å². The molecule has 13 heavy (non-hydrogen) atoms. The molecule has 0 radical (unpaired) electrons. The van der Waals surface area contributed by atoms with Crippen molar-refractivity contribution in [2.75, 3.05) is 6.61 Å². The summed E-state index contributed by atoms with van der Waals surface area (Å²) in [6.45, 7) is 10.5. The van der Waals surface area contributed by atoms with Crippen LogP contribution in [0.15, 0.2) is 24.3 Å². The molecule has 2 atom stereocenters. The molecule has 0 heterocycles. The molecule has 0 saturated heterocycles. The van der Waals surface area contributed by atoms with Crippen LogP contribution in [0.25, 0.3) is 0 Å². The Morgan fingerprint density at radius 1 is 1.62 bits per heavy atom. The van der Waals surface area contributed by atoms with Gasteiger partial charge in [0, 0.05) is 6.61 Å². The SMILES string of the molecule is C=C(C)[C@@H]1CCC(=C)[C@@H](CCO)C1. The fourth-order valence-electron chi connectivity index (χ4n) is 2.12. The van der Waals surface area contributed by atoms with E-state index in [1.807, 2.05) is 0 Å². The zero-order valence-electron chi connectivity index (χ0n) is 8.55. The van der Waals surface area contributed by atoms with Crippen molar-refractivity contribution in [1.82, 2.24) is 0 Å². The van der Waals surface area contributed by atoms with Gasteiger partial charge < -0.3 is 5.11 Å². The normalized spacial score (nSPS) is 28.9. The van der Waals surface area contributed by atoms with Crippen LogP contribution in [0.3, 0.4) is 0 Å². The lowest BCUT2D eigenvalue weighted by molar-refractivity contribution is 0.243. The molecule has 1 fully saturated rings. The number of allylic oxidation sites excluding steroid dienone is 2. The molecule has 0 unspecified atom stereocenters. The molecular formula is C12H20O. The molecule has 1 N–H and O–H groups in total. The Morgan fingerprint density at radius 3 is 2.85 bits per heavy atom. The summed E-state index contributed by atoms with van der Waals surface area (Å²) in [6, 6.07) is 0. The molecule has 0 aromatic heterocycles. The molecule has 0 aromatic rings. The number of hydrogen-bond donors (Lipinski definition) is 1. The molecule has 74 valence electrons. The predicted octanol–water partition coefficient (Wildman–Crippen LogP) is 2.92. The van der Waals surface area contributed by atoms with Gasteiger partial charge in [-0.05, 0) is 44.4 Å². The third kappa shape index (κ3) is 2.70. The lowest BCUT2D eigenvalue weighted by Crippen LogP contribution is -2.19. The fraction of sp³-hybridized carbons (Fsp3) is 0.667. The summed E-state index contributed by atoms with van der Waals surface area (Å²) in [5, 5.41) is 8.90. The molecule has 1 rings (SSSR count). The Morgan fingerprint density at radius 2 is 2.31 bits per heavy atom. The highest BCUT2D eigenvalue weighted by molar-refractivity contribution is 5.10. The fourth-order valence-corrected chi connectivity index (χ4v) is 2.12. The second kappa shape index (κ2) is 4.61. The Balaban J connectivity index is 2.52. The molecule has 0 spiro atoms. The summed E-state index contributed by atoms with van der Waals surface area (Å²) in [6.07, 6.45) is 4.34. The van der Waals surface area contributed by atoms with Gasteiger partial charge in [0.05, 0.1) is 0 Å². The highest BCUT2D eigenvalue weighted by Crippen LogP contribution is 2.37. The number of aliphatic hydroxyl groups excluding tert-OH is 1. The van der Waals surface area contributed by atoms with Gasteiger partial charge in [-0.3, -0.25) is 0 Å². The van der Waals surface area contributed by atoms with Crippen LogP contribution in [0.1, 0.15) is 32.6 Å². The monoisotopic (exact) mass is 180 g/mol. The average molecular weight is 180 g/mol. The molecular weight excluding hydrogens is 160 g/mol. The number of aliphatic hydroxyl groups is 1. The molecule has 0 amide bonds. The lowest BCUT2D eigenvalue weighted by atomic mass is 9.75. The van der Waals surface area contributed by atoms with Crippen LogP contribution >= 0.6 is 0 Å². The summed E-state index contributed by atoms with van der Waals surface area (Å²) in [4.78, 5) is 0. The van der Waals surface area contributed by atoms with Gasteiger partial charge >= 0.3 is 0 Å². The van der Waals surface area contributed by atoms with E-state index in [1.165, 1.54) is 17.6 Å². The molecule has 0 aliphatic heterocycles. The smallest absolute Gasteiger partial charge is 0.0436 e. The molecule has 1 nitrogen and oxygen atoms in total. The standard InChI is InChI=1S/C12H20O/c1-9(2)11-5-4-10(3)12(8-11)6-7-13/h11-13H,1,3-8H2,2H3/t11-,12+/m1/s1. The summed E-state index contributed by atoms with van der Waals surface area (Å²) in [5.41, 5.74) is 2.61. The van der Waals surface area contributed by atoms with Crippen LogP contribution in [0, 0.1) is 11.8 Å². The first-order valence-corrected chi connectivity index (χ1v) is 5.09. The van der Waals surface area contributed by atoms with Crippen molar-refractivity contribution in [2.45, 2.75) is 32.6 Å².